The van der Waals surface area contributed by atoms with Gasteiger partial charge in [0.15, 0.2) is 0 Å². The second-order valence-electron chi connectivity index (χ2n) is 0. The molecule has 4 heavy (non-hydrogen) atoms. The topological polar surface area (TPSA) is 0 Å². The van der Waals surface area contributed by atoms with E-state index in [1.807, 2.05) is 0 Å². The van der Waals surface area contributed by atoms with Crippen LogP contribution in [0, 0.1) is 7.43 Å². The zero-order valence-electron chi connectivity index (χ0n) is 1.76. The van der Waals surface area contributed by atoms with Gasteiger partial charge in [-0.3, -0.25) is 0 Å². The molecule has 0 spiro atoms. The fourth-order valence-electron chi connectivity index (χ4n) is 0. The first-order valence-corrected chi connectivity index (χ1v) is 2.60. The van der Waals surface area contributed by atoms with Crippen molar-refractivity contribution >= 4 is 24.9 Å². The predicted octanol–water partition coefficient (Wildman–Crippen LogP) is 0.346. The standard InChI is InChI=1S/C.SSe.V/c;1-2;. The molecule has 0 heterocycles. The van der Waals surface area contributed by atoms with E-state index in [1.165, 1.54) is 0 Å². The molecule has 0 atom stereocenters. The zero-order valence-corrected chi connectivity index (χ0v) is 5.69. The van der Waals surface area contributed by atoms with Gasteiger partial charge in [-0.15, -0.1) is 0 Å². The molecule has 0 aliphatic heterocycles. The Labute approximate surface area is 50.9 Å². The quantitative estimate of drug-likeness (QED) is 0.477. The third kappa shape index (κ3) is 10.2. The maximum Gasteiger partial charge on any atom is 0 e. The molecule has 0 fully saturated rings. The second kappa shape index (κ2) is 27.3. The van der Waals surface area contributed by atoms with Gasteiger partial charge in [0.1, 0.15) is 0 Å². The van der Waals surface area contributed by atoms with Crippen LogP contribution in [0.5, 0.6) is 0 Å². The molecule has 3 heteroatoms. The van der Waals surface area contributed by atoms with E-state index in [0.29, 0.717) is 0 Å². The van der Waals surface area contributed by atoms with Crippen molar-refractivity contribution in [1.29, 1.82) is 0 Å². The van der Waals surface area contributed by atoms with Crippen molar-refractivity contribution in [2.24, 2.45) is 0 Å². The Morgan fingerprint density at radius 1 is 1.25 bits per heavy atom. The molecule has 0 aromatic carbocycles. The van der Waals surface area contributed by atoms with Crippen molar-refractivity contribution in [1.82, 2.24) is 0 Å². The first-order chi connectivity index (χ1) is 1.00. The molecule has 0 bridgehead atoms. The number of hydrogen-bond donors (Lipinski definition) is 0. The minimum absolute atomic E-state index is 0. The van der Waals surface area contributed by atoms with Crippen molar-refractivity contribution in [3.05, 3.63) is 7.43 Å². The first kappa shape index (κ1) is 18.4. The van der Waals surface area contributed by atoms with Gasteiger partial charge in [0.25, 0.3) is 0 Å². The van der Waals surface area contributed by atoms with Crippen LogP contribution in [0.4, 0.5) is 0 Å². The Bertz CT molecular complexity index is 8.00. The molecular weight excluding hydrogens is 174 g/mol. The molecular formula is CSSeV. The van der Waals surface area contributed by atoms with Crippen LogP contribution < -0.4 is 0 Å². The summed E-state index contributed by atoms with van der Waals surface area (Å²) in [6.07, 6.45) is 0. The third-order valence-corrected chi connectivity index (χ3v) is 0. The van der Waals surface area contributed by atoms with Gasteiger partial charge in [-0.1, -0.05) is 0 Å². The molecule has 0 aliphatic carbocycles. The summed E-state index contributed by atoms with van der Waals surface area (Å²) in [5.41, 5.74) is 0. The molecule has 0 rings (SSSR count). The molecule has 0 unspecified atom stereocenters. The summed E-state index contributed by atoms with van der Waals surface area (Å²) in [6, 6.07) is 0. The van der Waals surface area contributed by atoms with Gasteiger partial charge in [0, 0.05) is 26.0 Å². The average molecular weight is 174 g/mol. The van der Waals surface area contributed by atoms with E-state index in [0.717, 1.165) is 0 Å². The van der Waals surface area contributed by atoms with Crippen LogP contribution in [-0.2, 0) is 18.6 Å². The molecule has 0 aromatic heterocycles. The summed E-state index contributed by atoms with van der Waals surface area (Å²) >= 11 is 2.21. The normalized spacial score (nSPS) is 1.00. The van der Waals surface area contributed by atoms with Gasteiger partial charge in [-0.05, 0) is 0 Å². The Kier molecular flexibility index (Phi) is 126. The van der Waals surface area contributed by atoms with E-state index in [2.05, 4.69) is 24.9 Å². The predicted molar refractivity (Wildman–Crippen MR) is 16.6 cm³/mol. The van der Waals surface area contributed by atoms with E-state index in [-0.39, 0.29) is 26.0 Å². The monoisotopic (exact) mass is 175 g/mol. The molecule has 5 radical (unpaired) electrons. The number of hydrogen-bond acceptors (Lipinski definition) is 1. The van der Waals surface area contributed by atoms with E-state index in [1.54, 1.807) is 0 Å². The van der Waals surface area contributed by atoms with Crippen LogP contribution in [0.15, 0.2) is 0 Å². The molecule has 0 saturated heterocycles. The average Bonchev–Trinajstić information content (AvgIpc) is 1.00. The summed E-state index contributed by atoms with van der Waals surface area (Å²) in [7, 11) is 3.96. The molecule has 0 aliphatic rings. The van der Waals surface area contributed by atoms with Gasteiger partial charge in [0.05, 0.1) is 0 Å². The van der Waals surface area contributed by atoms with Crippen molar-refractivity contribution in [2.75, 3.05) is 0 Å². The van der Waals surface area contributed by atoms with Crippen molar-refractivity contribution < 1.29 is 18.6 Å². The summed E-state index contributed by atoms with van der Waals surface area (Å²) in [5.74, 6) is 0. The van der Waals surface area contributed by atoms with Crippen LogP contribution >= 0.6 is 10.6 Å². The molecule has 0 aromatic rings. The van der Waals surface area contributed by atoms with Crippen LogP contribution in [0.2, 0.25) is 0 Å². The van der Waals surface area contributed by atoms with Gasteiger partial charge in [0.2, 0.25) is 0 Å². The number of rotatable bonds is 0. The molecule has 0 nitrogen and oxygen atoms in total. The minimum Gasteiger partial charge on any atom is 0 e. The Balaban J connectivity index is -0.00000000500. The van der Waals surface area contributed by atoms with E-state index >= 15 is 0 Å². The molecule has 21 valence electrons. The smallest absolute Gasteiger partial charge is 0 e. The van der Waals surface area contributed by atoms with Crippen LogP contribution in [-0.4, -0.2) is 14.4 Å². The maximum absolute atomic E-state index is 3.96. The van der Waals surface area contributed by atoms with Gasteiger partial charge in [-0.2, -0.15) is 0 Å². The van der Waals surface area contributed by atoms with Gasteiger partial charge < -0.3 is 0 Å². The molecule has 0 amide bonds. The Morgan fingerprint density at radius 3 is 1.25 bits per heavy atom. The van der Waals surface area contributed by atoms with Crippen LogP contribution in [0.25, 0.3) is 0 Å². The fraction of sp³-hybridized carbons (Fsp3) is 0. The Morgan fingerprint density at radius 2 is 1.25 bits per heavy atom. The summed E-state index contributed by atoms with van der Waals surface area (Å²) in [4.78, 5) is 0. The fourth-order valence-corrected chi connectivity index (χ4v) is 0. The maximum atomic E-state index is 3.96. The summed E-state index contributed by atoms with van der Waals surface area (Å²) in [5, 5.41) is 0. The molecule has 0 saturated carbocycles. The third-order valence-electron chi connectivity index (χ3n) is 0. The van der Waals surface area contributed by atoms with Crippen molar-refractivity contribution in [2.45, 2.75) is 0 Å². The van der Waals surface area contributed by atoms with Crippen LogP contribution in [0.3, 0.4) is 0 Å². The van der Waals surface area contributed by atoms with Crippen LogP contribution in [0.1, 0.15) is 0 Å². The zero-order chi connectivity index (χ0) is 2.00. The van der Waals surface area contributed by atoms with E-state index in [9.17, 15) is 0 Å². The Hall–Kier alpha value is 1.32. The summed E-state index contributed by atoms with van der Waals surface area (Å²) < 4.78 is 0. The first-order valence-electron chi connectivity index (χ1n) is 0.167. The van der Waals surface area contributed by atoms with Gasteiger partial charge >= 0.3 is 24.9 Å². The van der Waals surface area contributed by atoms with E-state index in [4.69, 9.17) is 0 Å². The van der Waals surface area contributed by atoms with Gasteiger partial charge in [-0.25, -0.2) is 0 Å². The largest absolute Gasteiger partial charge is 0 e. The van der Waals surface area contributed by atoms with Crippen molar-refractivity contribution in [3.63, 3.8) is 0 Å². The van der Waals surface area contributed by atoms with E-state index < -0.39 is 0 Å². The second-order valence-corrected chi connectivity index (χ2v) is 0. The van der Waals surface area contributed by atoms with Crippen molar-refractivity contribution in [3.8, 4) is 0 Å². The molecule has 0 N–H and O–H groups in total. The summed E-state index contributed by atoms with van der Waals surface area (Å²) in [6.45, 7) is 0. The minimum atomic E-state index is 0. The SMILES string of the molecule is S=[Se].[C].[V].